The highest BCUT2D eigenvalue weighted by Gasteiger charge is 2.16. The average Bonchev–Trinajstić information content (AvgIpc) is 1.85. The van der Waals surface area contributed by atoms with Gasteiger partial charge in [0, 0.05) is 11.1 Å². The highest BCUT2D eigenvalue weighted by Crippen LogP contribution is 2.21. The lowest BCUT2D eigenvalue weighted by molar-refractivity contribution is 0.239. The van der Waals surface area contributed by atoms with E-state index in [1.165, 1.54) is 0 Å². The van der Waals surface area contributed by atoms with Crippen LogP contribution in [0.4, 0.5) is 0 Å². The first-order valence-electron chi connectivity index (χ1n) is 2.74. The first-order valence-corrected chi connectivity index (χ1v) is 3.84. The summed E-state index contributed by atoms with van der Waals surface area (Å²) in [4.78, 5) is 0. The number of nitrogens with two attached hydrogens (primary N) is 1. The minimum absolute atomic E-state index is 0.287. The summed E-state index contributed by atoms with van der Waals surface area (Å²) in [6, 6.07) is 0. The van der Waals surface area contributed by atoms with Crippen molar-refractivity contribution in [2.45, 2.75) is 6.92 Å². The zero-order valence-electron chi connectivity index (χ0n) is 5.37. The minimum atomic E-state index is -1.92. The smallest absolute Gasteiger partial charge is 0.328 e. The largest absolute Gasteiger partial charge is 0.697 e. The van der Waals surface area contributed by atoms with E-state index in [2.05, 4.69) is 9.05 Å². The van der Waals surface area contributed by atoms with Crippen molar-refractivity contribution < 1.29 is 13.6 Å². The van der Waals surface area contributed by atoms with Crippen molar-refractivity contribution in [2.24, 2.45) is 5.73 Å². The van der Waals surface area contributed by atoms with Gasteiger partial charge in [0.15, 0.2) is 0 Å². The molecule has 9 heavy (non-hydrogen) atoms. The molecule has 5 heteroatoms. The summed E-state index contributed by atoms with van der Waals surface area (Å²) >= 11 is 0. The van der Waals surface area contributed by atoms with Crippen molar-refractivity contribution in [2.75, 3.05) is 19.8 Å². The van der Waals surface area contributed by atoms with Crippen LogP contribution in [0.15, 0.2) is 0 Å². The van der Waals surface area contributed by atoms with Gasteiger partial charge in [-0.3, -0.25) is 0 Å². The van der Waals surface area contributed by atoms with Crippen LogP contribution < -0.4 is 5.73 Å². The van der Waals surface area contributed by atoms with Crippen LogP contribution in [0.1, 0.15) is 6.92 Å². The van der Waals surface area contributed by atoms with Crippen LogP contribution in [0.25, 0.3) is 0 Å². The molecule has 0 aromatic rings. The van der Waals surface area contributed by atoms with Crippen molar-refractivity contribution in [1.82, 2.24) is 0 Å². The molecule has 0 aromatic carbocycles. The number of hydrogen-bond donors (Lipinski definition) is 1. The molecule has 0 aliphatic rings. The predicted octanol–water partition coefficient (Wildman–Crippen LogP) is 0.656. The lowest BCUT2D eigenvalue weighted by Gasteiger charge is -1.83. The van der Waals surface area contributed by atoms with E-state index in [0.29, 0.717) is 13.2 Å². The van der Waals surface area contributed by atoms with E-state index >= 15 is 0 Å². The molecule has 0 aliphatic heterocycles. The van der Waals surface area contributed by atoms with E-state index in [9.17, 15) is 4.57 Å². The third kappa shape index (κ3) is 5.86. The molecule has 1 unspecified atom stereocenters. The Labute approximate surface area is 55.3 Å². The van der Waals surface area contributed by atoms with Crippen LogP contribution in [0, 0.1) is 0 Å². The van der Waals surface area contributed by atoms with Crippen LogP contribution in [0.3, 0.4) is 0 Å². The quantitative estimate of drug-likeness (QED) is 0.587. The first-order chi connectivity index (χ1) is 4.31. The maximum atomic E-state index is 10.5. The Kier molecular flexibility index (Phi) is 6.09. The van der Waals surface area contributed by atoms with E-state index in [4.69, 9.17) is 5.73 Å². The molecule has 1 atom stereocenters. The van der Waals surface area contributed by atoms with Crippen molar-refractivity contribution >= 4 is 8.25 Å². The van der Waals surface area contributed by atoms with E-state index in [0.717, 1.165) is 0 Å². The molecule has 0 rings (SSSR count). The molecule has 2 N–H and O–H groups in total. The van der Waals surface area contributed by atoms with Gasteiger partial charge in [-0.1, -0.05) is 0 Å². The van der Waals surface area contributed by atoms with Gasteiger partial charge in [0.05, 0.1) is 0 Å². The fraction of sp³-hybridized carbons (Fsp3) is 1.00. The summed E-state index contributed by atoms with van der Waals surface area (Å²) in [5.41, 5.74) is 5.06. The normalized spacial score (nSPS) is 11.6. The second-order valence-corrected chi connectivity index (χ2v) is 2.23. The molecule has 0 spiro atoms. The van der Waals surface area contributed by atoms with Crippen molar-refractivity contribution in [3.05, 3.63) is 0 Å². The molecule has 0 bridgehead atoms. The lowest BCUT2D eigenvalue weighted by Crippen LogP contribution is -2.05. The van der Waals surface area contributed by atoms with Gasteiger partial charge in [0.25, 0.3) is 0 Å². The molecule has 54 valence electrons. The second-order valence-electron chi connectivity index (χ2n) is 1.26. The molecular weight excluding hydrogens is 141 g/mol. The van der Waals surface area contributed by atoms with Crippen LogP contribution in [0.2, 0.25) is 0 Å². The zero-order chi connectivity index (χ0) is 7.11. The Bertz CT molecular complexity index is 87.9. The standard InChI is InChI=1S/C4H11NO3P/c1-2-7-9(6)8-4-3-5/h2-5H2,1H3/q+1. The molecule has 0 aromatic heterocycles. The highest BCUT2D eigenvalue weighted by molar-refractivity contribution is 7.33. The van der Waals surface area contributed by atoms with Crippen LogP contribution in [0.5, 0.6) is 0 Å². The summed E-state index contributed by atoms with van der Waals surface area (Å²) in [5, 5.41) is 0. The molecule has 0 saturated heterocycles. The van der Waals surface area contributed by atoms with E-state index < -0.39 is 8.25 Å². The zero-order valence-corrected chi connectivity index (χ0v) is 6.27. The average molecular weight is 152 g/mol. The Hall–Kier alpha value is -0.0200. The van der Waals surface area contributed by atoms with Crippen LogP contribution in [-0.2, 0) is 13.6 Å². The summed E-state index contributed by atoms with van der Waals surface area (Å²) in [5.74, 6) is 0. The van der Waals surface area contributed by atoms with Crippen molar-refractivity contribution in [3.8, 4) is 0 Å². The fourth-order valence-corrected chi connectivity index (χ4v) is 0.810. The molecule has 0 amide bonds. The van der Waals surface area contributed by atoms with Gasteiger partial charge in [-0.05, 0) is 6.92 Å². The Morgan fingerprint density at radius 3 is 2.67 bits per heavy atom. The number of rotatable bonds is 5. The Morgan fingerprint density at radius 2 is 2.22 bits per heavy atom. The Morgan fingerprint density at radius 1 is 1.56 bits per heavy atom. The van der Waals surface area contributed by atoms with Gasteiger partial charge in [0.2, 0.25) is 0 Å². The highest BCUT2D eigenvalue weighted by atomic mass is 31.1. The van der Waals surface area contributed by atoms with Gasteiger partial charge in [-0.15, -0.1) is 9.05 Å². The summed E-state index contributed by atoms with van der Waals surface area (Å²) < 4.78 is 19.6. The van der Waals surface area contributed by atoms with E-state index in [-0.39, 0.29) is 6.61 Å². The maximum absolute atomic E-state index is 10.5. The Balaban J connectivity index is 3.06. The molecule has 0 radical (unpaired) electrons. The fourth-order valence-electron chi connectivity index (χ4n) is 0.270. The van der Waals surface area contributed by atoms with Crippen LogP contribution in [-0.4, -0.2) is 19.8 Å². The molecule has 4 nitrogen and oxygen atoms in total. The maximum Gasteiger partial charge on any atom is 0.697 e. The molecule has 0 heterocycles. The first kappa shape index (κ1) is 8.98. The van der Waals surface area contributed by atoms with Gasteiger partial charge in [-0.2, -0.15) is 0 Å². The minimum Gasteiger partial charge on any atom is -0.328 e. The van der Waals surface area contributed by atoms with Gasteiger partial charge < -0.3 is 5.73 Å². The lowest BCUT2D eigenvalue weighted by atomic mass is 10.8. The number of hydrogen-bond acceptors (Lipinski definition) is 4. The molecule has 0 saturated carbocycles. The molecule has 0 fully saturated rings. The summed E-state index contributed by atoms with van der Waals surface area (Å²) in [6.45, 7) is 2.81. The molecule has 0 aliphatic carbocycles. The van der Waals surface area contributed by atoms with E-state index in [1.54, 1.807) is 6.92 Å². The summed E-state index contributed by atoms with van der Waals surface area (Å²) in [7, 11) is -1.92. The van der Waals surface area contributed by atoms with Gasteiger partial charge >= 0.3 is 8.25 Å². The monoisotopic (exact) mass is 152 g/mol. The van der Waals surface area contributed by atoms with Crippen molar-refractivity contribution in [1.29, 1.82) is 0 Å². The topological polar surface area (TPSA) is 61.5 Å². The van der Waals surface area contributed by atoms with Gasteiger partial charge in [0.1, 0.15) is 13.2 Å². The third-order valence-corrected chi connectivity index (χ3v) is 1.41. The SMILES string of the molecule is CCO[P+](=O)OCCN. The van der Waals surface area contributed by atoms with E-state index in [1.807, 2.05) is 0 Å². The molecular formula is C4H11NO3P+. The third-order valence-electron chi connectivity index (χ3n) is 0.549. The predicted molar refractivity (Wildman–Crippen MR) is 34.2 cm³/mol. The van der Waals surface area contributed by atoms with Crippen LogP contribution >= 0.6 is 8.25 Å². The second kappa shape index (κ2) is 6.11. The van der Waals surface area contributed by atoms with Crippen molar-refractivity contribution in [3.63, 3.8) is 0 Å². The van der Waals surface area contributed by atoms with Gasteiger partial charge in [-0.25, -0.2) is 0 Å². The summed E-state index contributed by atoms with van der Waals surface area (Å²) in [6.07, 6.45) is 0.